The van der Waals surface area contributed by atoms with Crippen molar-refractivity contribution in [2.75, 3.05) is 22.3 Å². The summed E-state index contributed by atoms with van der Waals surface area (Å²) in [6.45, 7) is 0. The van der Waals surface area contributed by atoms with Crippen LogP contribution in [0.15, 0.2) is 52.7 Å². The van der Waals surface area contributed by atoms with E-state index in [0.717, 1.165) is 16.4 Å². The average Bonchev–Trinajstić information content (AvgIpc) is 3.04. The maximum Gasteiger partial charge on any atom is 0.264 e. The minimum Gasteiger partial charge on any atom is -0.334 e. The molecule has 0 radical (unpaired) electrons. The highest BCUT2D eigenvalue weighted by Crippen LogP contribution is 2.26. The first-order chi connectivity index (χ1) is 13.9. The average molecular weight is 454 g/mol. The highest BCUT2D eigenvalue weighted by molar-refractivity contribution is 7.99. The van der Waals surface area contributed by atoms with Gasteiger partial charge in [0.15, 0.2) is 0 Å². The third kappa shape index (κ3) is 5.59. The van der Waals surface area contributed by atoms with Gasteiger partial charge in [-0.3, -0.25) is 4.79 Å². The van der Waals surface area contributed by atoms with Crippen LogP contribution in [0.2, 0.25) is 10.0 Å². The first-order valence-electron chi connectivity index (χ1n) is 8.06. The number of nitrogens with two attached hydrogens (primary N) is 1. The number of aromatic nitrogens is 3. The Bertz CT molecular complexity index is 1060. The lowest BCUT2D eigenvalue weighted by Crippen LogP contribution is -2.17. The second-order valence-corrected chi connectivity index (χ2v) is 7.31. The van der Waals surface area contributed by atoms with Gasteiger partial charge in [-0.2, -0.15) is 5.10 Å². The maximum absolute atomic E-state index is 13.5. The zero-order chi connectivity index (χ0) is 20.8. The molecule has 1 aromatic heterocycles. The number of rotatable bonds is 7. The van der Waals surface area contributed by atoms with Crippen LogP contribution in [0, 0.1) is 5.82 Å². The summed E-state index contributed by atoms with van der Waals surface area (Å²) in [4.78, 5) is 12.1. The molecule has 0 saturated heterocycles. The molecule has 150 valence electrons. The number of amides is 1. The van der Waals surface area contributed by atoms with Crippen LogP contribution in [0.4, 0.5) is 16.0 Å². The number of thioether (sulfide) groups is 1. The SMILES string of the molecule is Nn1c(N/N=C/c2ccccc2F)nnc1SCC(=O)Nc1cc(Cl)ccc1Cl. The molecule has 1 amide bonds. The lowest BCUT2D eigenvalue weighted by atomic mass is 10.2. The zero-order valence-corrected chi connectivity index (χ0v) is 17.0. The van der Waals surface area contributed by atoms with Gasteiger partial charge in [-0.15, -0.1) is 10.2 Å². The molecule has 1 heterocycles. The molecule has 0 spiro atoms. The predicted molar refractivity (Wildman–Crippen MR) is 114 cm³/mol. The molecule has 12 heteroatoms. The Balaban J connectivity index is 1.56. The Morgan fingerprint density at radius 2 is 2.07 bits per heavy atom. The van der Waals surface area contributed by atoms with Crippen molar-refractivity contribution in [1.82, 2.24) is 14.9 Å². The normalized spacial score (nSPS) is 11.0. The van der Waals surface area contributed by atoms with Crippen LogP contribution in [-0.4, -0.2) is 32.7 Å². The van der Waals surface area contributed by atoms with E-state index in [2.05, 4.69) is 26.0 Å². The van der Waals surface area contributed by atoms with Crippen LogP contribution < -0.4 is 16.6 Å². The lowest BCUT2D eigenvalue weighted by Gasteiger charge is -2.07. The number of halogens is 3. The quantitative estimate of drug-likeness (QED) is 0.218. The van der Waals surface area contributed by atoms with E-state index in [-0.39, 0.29) is 22.8 Å². The van der Waals surface area contributed by atoms with Gasteiger partial charge in [-0.05, 0) is 24.3 Å². The second kappa shape index (κ2) is 9.59. The topological polar surface area (TPSA) is 110 Å². The van der Waals surface area contributed by atoms with Crippen molar-refractivity contribution >= 4 is 58.7 Å². The standard InChI is InChI=1S/C17H14Cl2FN7OS/c18-11-5-6-12(19)14(7-11)23-15(28)9-29-17-26-25-16(27(17)21)24-22-8-10-3-1-2-4-13(10)20/h1-8H,9,21H2,(H,23,28)(H,24,25)/b22-8+. The van der Waals surface area contributed by atoms with Crippen LogP contribution >= 0.6 is 35.0 Å². The molecule has 0 aliphatic rings. The van der Waals surface area contributed by atoms with Crippen LogP contribution in [-0.2, 0) is 4.79 Å². The van der Waals surface area contributed by atoms with E-state index in [0.29, 0.717) is 21.3 Å². The Morgan fingerprint density at radius 3 is 2.86 bits per heavy atom. The molecule has 0 aliphatic carbocycles. The number of benzene rings is 2. The Hall–Kier alpha value is -2.82. The second-order valence-electron chi connectivity index (χ2n) is 5.53. The third-order valence-corrected chi connectivity index (χ3v) is 4.98. The molecule has 0 fully saturated rings. The highest BCUT2D eigenvalue weighted by Gasteiger charge is 2.13. The molecule has 29 heavy (non-hydrogen) atoms. The van der Waals surface area contributed by atoms with Gasteiger partial charge in [0.2, 0.25) is 11.1 Å². The summed E-state index contributed by atoms with van der Waals surface area (Å²) in [5.41, 5.74) is 3.28. The molecule has 3 aromatic rings. The fourth-order valence-corrected chi connectivity index (χ4v) is 3.09. The predicted octanol–water partition coefficient (Wildman–Crippen LogP) is 3.61. The Kier molecular flexibility index (Phi) is 6.91. The largest absolute Gasteiger partial charge is 0.334 e. The first-order valence-corrected chi connectivity index (χ1v) is 9.80. The molecule has 0 saturated carbocycles. The van der Waals surface area contributed by atoms with E-state index in [1.165, 1.54) is 12.3 Å². The van der Waals surface area contributed by atoms with E-state index in [4.69, 9.17) is 29.0 Å². The molecule has 0 aliphatic heterocycles. The zero-order valence-electron chi connectivity index (χ0n) is 14.6. The number of nitrogen functional groups attached to an aromatic ring is 1. The molecule has 3 rings (SSSR count). The molecule has 0 bridgehead atoms. The monoisotopic (exact) mass is 453 g/mol. The summed E-state index contributed by atoms with van der Waals surface area (Å²) >= 11 is 13.0. The summed E-state index contributed by atoms with van der Waals surface area (Å²) in [6.07, 6.45) is 1.29. The van der Waals surface area contributed by atoms with E-state index in [1.54, 1.807) is 36.4 Å². The summed E-state index contributed by atoms with van der Waals surface area (Å²) in [5.74, 6) is 5.29. The molecule has 2 aromatic carbocycles. The first kappa shape index (κ1) is 20.9. The number of nitrogens with zero attached hydrogens (tertiary/aromatic N) is 4. The number of anilines is 2. The van der Waals surface area contributed by atoms with Crippen LogP contribution in [0.5, 0.6) is 0 Å². The molecule has 8 nitrogen and oxygen atoms in total. The molecule has 4 N–H and O–H groups in total. The van der Waals surface area contributed by atoms with Crippen LogP contribution in [0.25, 0.3) is 0 Å². The maximum atomic E-state index is 13.5. The molecular formula is C17H14Cl2FN7OS. The Labute approximate surface area is 179 Å². The summed E-state index contributed by atoms with van der Waals surface area (Å²) in [7, 11) is 0. The number of carbonyl (C=O) groups is 1. The van der Waals surface area contributed by atoms with Crippen molar-refractivity contribution in [2.45, 2.75) is 5.16 Å². The number of hydrogen-bond donors (Lipinski definition) is 3. The minimum absolute atomic E-state index is 0.0106. The van der Waals surface area contributed by atoms with E-state index in [1.807, 2.05) is 0 Å². The summed E-state index contributed by atoms with van der Waals surface area (Å²) in [6, 6.07) is 10.9. The van der Waals surface area contributed by atoms with Crippen molar-refractivity contribution < 1.29 is 9.18 Å². The van der Waals surface area contributed by atoms with Crippen molar-refractivity contribution in [1.29, 1.82) is 0 Å². The third-order valence-electron chi connectivity index (χ3n) is 3.47. The van der Waals surface area contributed by atoms with E-state index in [9.17, 15) is 9.18 Å². The van der Waals surface area contributed by atoms with Gasteiger partial charge < -0.3 is 11.2 Å². The van der Waals surface area contributed by atoms with Crippen LogP contribution in [0.3, 0.4) is 0 Å². The molecule has 0 unspecified atom stereocenters. The van der Waals surface area contributed by atoms with E-state index < -0.39 is 5.82 Å². The van der Waals surface area contributed by atoms with Gasteiger partial charge in [-0.1, -0.05) is 53.2 Å². The van der Waals surface area contributed by atoms with Crippen molar-refractivity contribution in [3.63, 3.8) is 0 Å². The number of nitrogens with one attached hydrogen (secondary N) is 2. The minimum atomic E-state index is -0.408. The van der Waals surface area contributed by atoms with Crippen molar-refractivity contribution in [3.05, 3.63) is 63.9 Å². The van der Waals surface area contributed by atoms with Crippen molar-refractivity contribution in [3.8, 4) is 0 Å². The van der Waals surface area contributed by atoms with E-state index >= 15 is 0 Å². The number of carbonyl (C=O) groups excluding carboxylic acids is 1. The van der Waals surface area contributed by atoms with Gasteiger partial charge in [0.25, 0.3) is 5.95 Å². The fourth-order valence-electron chi connectivity index (χ4n) is 2.10. The lowest BCUT2D eigenvalue weighted by molar-refractivity contribution is -0.113. The number of hydrogen-bond acceptors (Lipinski definition) is 7. The molecule has 0 atom stereocenters. The van der Waals surface area contributed by atoms with Gasteiger partial charge in [0, 0.05) is 10.6 Å². The highest BCUT2D eigenvalue weighted by atomic mass is 35.5. The van der Waals surface area contributed by atoms with Gasteiger partial charge in [0.1, 0.15) is 5.82 Å². The number of hydrazone groups is 1. The summed E-state index contributed by atoms with van der Waals surface area (Å²) in [5, 5.41) is 15.4. The van der Waals surface area contributed by atoms with Crippen molar-refractivity contribution in [2.24, 2.45) is 5.10 Å². The Morgan fingerprint density at radius 1 is 1.28 bits per heavy atom. The fraction of sp³-hybridized carbons (Fsp3) is 0.0588. The smallest absolute Gasteiger partial charge is 0.264 e. The van der Waals surface area contributed by atoms with Crippen LogP contribution in [0.1, 0.15) is 5.56 Å². The van der Waals surface area contributed by atoms with Gasteiger partial charge in [0.05, 0.1) is 22.7 Å². The van der Waals surface area contributed by atoms with Gasteiger partial charge in [-0.25, -0.2) is 14.5 Å². The summed E-state index contributed by atoms with van der Waals surface area (Å²) < 4.78 is 14.7. The molecular weight excluding hydrogens is 440 g/mol. The van der Waals surface area contributed by atoms with Gasteiger partial charge >= 0.3 is 0 Å².